The maximum Gasteiger partial charge on any atom is 0.306 e. The number of rotatable bonds is 11. The van der Waals surface area contributed by atoms with Crippen LogP contribution in [0, 0.1) is 0 Å². The van der Waals surface area contributed by atoms with E-state index in [0.29, 0.717) is 30.2 Å². The molecule has 8 heteroatoms. The lowest BCUT2D eigenvalue weighted by molar-refractivity contribution is -0.147. The first-order valence-electron chi connectivity index (χ1n) is 9.62. The largest absolute Gasteiger partial charge is 0.497 e. The van der Waals surface area contributed by atoms with Gasteiger partial charge in [-0.3, -0.25) is 14.4 Å². The second kappa shape index (κ2) is 12.1. The molecule has 2 amide bonds. The molecule has 2 rings (SSSR count). The molecular formula is C22H26N2O6. The highest BCUT2D eigenvalue weighted by molar-refractivity contribution is 5.93. The van der Waals surface area contributed by atoms with Gasteiger partial charge in [-0.2, -0.15) is 0 Å². The fourth-order valence-corrected chi connectivity index (χ4v) is 2.53. The van der Waals surface area contributed by atoms with Gasteiger partial charge < -0.3 is 24.8 Å². The van der Waals surface area contributed by atoms with Crippen LogP contribution in [0.3, 0.4) is 0 Å². The van der Waals surface area contributed by atoms with Crippen LogP contribution in [-0.4, -0.2) is 38.1 Å². The molecule has 0 aromatic heterocycles. The van der Waals surface area contributed by atoms with Gasteiger partial charge in [0, 0.05) is 30.3 Å². The Bertz CT molecular complexity index is 851. The molecular weight excluding hydrogens is 388 g/mol. The second-order valence-corrected chi connectivity index (χ2v) is 6.30. The van der Waals surface area contributed by atoms with Gasteiger partial charge >= 0.3 is 5.97 Å². The molecule has 0 heterocycles. The molecule has 0 unspecified atom stereocenters. The molecule has 160 valence electrons. The highest BCUT2D eigenvalue weighted by Gasteiger charge is 2.10. The quantitative estimate of drug-likeness (QED) is 0.547. The zero-order chi connectivity index (χ0) is 21.8. The van der Waals surface area contributed by atoms with Gasteiger partial charge in [-0.15, -0.1) is 0 Å². The van der Waals surface area contributed by atoms with Gasteiger partial charge in [-0.25, -0.2) is 0 Å². The first kappa shape index (κ1) is 22.7. The van der Waals surface area contributed by atoms with Gasteiger partial charge in [-0.05, 0) is 49.7 Å². The molecule has 2 N–H and O–H groups in total. The standard InChI is InChI=1S/C22H26N2O6/c1-3-29-18-12-10-16(11-13-18)23-20(25)8-5-9-22(27)30-15-21(26)24-17-6-4-7-19(14-17)28-2/h4,6-7,10-14H,3,5,8-9,15H2,1-2H3,(H,23,25)(H,24,26). The van der Waals surface area contributed by atoms with Crippen LogP contribution in [0.5, 0.6) is 11.5 Å². The summed E-state index contributed by atoms with van der Waals surface area (Å²) in [5.74, 6) is 0.138. The monoisotopic (exact) mass is 414 g/mol. The Kier molecular flexibility index (Phi) is 9.18. The molecule has 0 radical (unpaired) electrons. The summed E-state index contributed by atoms with van der Waals surface area (Å²) in [6.45, 7) is 2.08. The smallest absolute Gasteiger partial charge is 0.306 e. The van der Waals surface area contributed by atoms with E-state index in [0.717, 1.165) is 5.75 Å². The first-order valence-corrected chi connectivity index (χ1v) is 9.62. The first-order chi connectivity index (χ1) is 14.5. The Hall–Kier alpha value is -3.55. The Morgan fingerprint density at radius 1 is 0.867 bits per heavy atom. The third-order valence-electron chi connectivity index (χ3n) is 3.95. The topological polar surface area (TPSA) is 103 Å². The summed E-state index contributed by atoms with van der Waals surface area (Å²) in [5, 5.41) is 5.37. The van der Waals surface area contributed by atoms with E-state index >= 15 is 0 Å². The zero-order valence-electron chi connectivity index (χ0n) is 17.1. The predicted octanol–water partition coefficient (Wildman–Crippen LogP) is 3.38. The van der Waals surface area contributed by atoms with Gasteiger partial charge in [0.05, 0.1) is 13.7 Å². The molecule has 0 bridgehead atoms. The van der Waals surface area contributed by atoms with Crippen LogP contribution < -0.4 is 20.1 Å². The van der Waals surface area contributed by atoms with Crippen molar-refractivity contribution in [3.8, 4) is 11.5 Å². The molecule has 0 saturated carbocycles. The number of ether oxygens (including phenoxy) is 3. The van der Waals surface area contributed by atoms with Crippen molar-refractivity contribution in [2.45, 2.75) is 26.2 Å². The van der Waals surface area contributed by atoms with Crippen LogP contribution in [0.15, 0.2) is 48.5 Å². The van der Waals surface area contributed by atoms with E-state index < -0.39 is 18.5 Å². The van der Waals surface area contributed by atoms with Gasteiger partial charge in [0.2, 0.25) is 5.91 Å². The lowest BCUT2D eigenvalue weighted by atomic mass is 10.2. The number of carbonyl (C=O) groups excluding carboxylic acids is 3. The summed E-state index contributed by atoms with van der Waals surface area (Å²) in [5.41, 5.74) is 1.20. The van der Waals surface area contributed by atoms with Gasteiger partial charge in [0.25, 0.3) is 5.91 Å². The summed E-state index contributed by atoms with van der Waals surface area (Å²) in [6, 6.07) is 13.9. The van der Waals surface area contributed by atoms with Crippen LogP contribution >= 0.6 is 0 Å². The van der Waals surface area contributed by atoms with Crippen molar-refractivity contribution in [2.24, 2.45) is 0 Å². The highest BCUT2D eigenvalue weighted by atomic mass is 16.5. The maximum atomic E-state index is 12.0. The number of amides is 2. The van der Waals surface area contributed by atoms with Crippen LogP contribution in [0.25, 0.3) is 0 Å². The fraction of sp³-hybridized carbons (Fsp3) is 0.318. The maximum absolute atomic E-state index is 12.0. The summed E-state index contributed by atoms with van der Waals surface area (Å²) in [7, 11) is 1.53. The number of carbonyl (C=O) groups is 3. The number of nitrogens with one attached hydrogen (secondary N) is 2. The van der Waals surface area contributed by atoms with Crippen molar-refractivity contribution < 1.29 is 28.6 Å². The third-order valence-corrected chi connectivity index (χ3v) is 3.95. The molecule has 2 aromatic carbocycles. The van der Waals surface area contributed by atoms with Crippen LogP contribution in [0.2, 0.25) is 0 Å². The normalized spacial score (nSPS) is 10.1. The predicted molar refractivity (Wildman–Crippen MR) is 113 cm³/mol. The number of methoxy groups -OCH3 is 1. The molecule has 2 aromatic rings. The second-order valence-electron chi connectivity index (χ2n) is 6.30. The SMILES string of the molecule is CCOc1ccc(NC(=O)CCCC(=O)OCC(=O)Nc2cccc(OC)c2)cc1. The van der Waals surface area contributed by atoms with E-state index in [4.69, 9.17) is 14.2 Å². The summed E-state index contributed by atoms with van der Waals surface area (Å²) in [4.78, 5) is 35.6. The van der Waals surface area contributed by atoms with Crippen molar-refractivity contribution >= 4 is 29.2 Å². The highest BCUT2D eigenvalue weighted by Crippen LogP contribution is 2.17. The Labute approximate surface area is 175 Å². The Morgan fingerprint density at radius 3 is 2.30 bits per heavy atom. The number of hydrogen-bond donors (Lipinski definition) is 2. The summed E-state index contributed by atoms with van der Waals surface area (Å²) in [6.07, 6.45) is 0.528. The molecule has 0 saturated heterocycles. The lowest BCUT2D eigenvalue weighted by Gasteiger charge is -2.08. The molecule has 8 nitrogen and oxygen atoms in total. The molecule has 0 aliphatic carbocycles. The summed E-state index contributed by atoms with van der Waals surface area (Å²) < 4.78 is 15.4. The molecule has 0 aliphatic heterocycles. The summed E-state index contributed by atoms with van der Waals surface area (Å²) >= 11 is 0. The average molecular weight is 414 g/mol. The number of anilines is 2. The van der Waals surface area contributed by atoms with Crippen LogP contribution in [0.4, 0.5) is 11.4 Å². The molecule has 0 fully saturated rings. The zero-order valence-corrected chi connectivity index (χ0v) is 17.1. The number of esters is 1. The molecule has 30 heavy (non-hydrogen) atoms. The third kappa shape index (κ3) is 8.22. The van der Waals surface area contributed by atoms with Crippen molar-refractivity contribution in [2.75, 3.05) is 31.0 Å². The molecule has 0 spiro atoms. The van der Waals surface area contributed by atoms with Gasteiger partial charge in [-0.1, -0.05) is 6.07 Å². The minimum atomic E-state index is -0.537. The van der Waals surface area contributed by atoms with Crippen LogP contribution in [0.1, 0.15) is 26.2 Å². The van der Waals surface area contributed by atoms with Crippen molar-refractivity contribution in [3.63, 3.8) is 0 Å². The Morgan fingerprint density at radius 2 is 1.60 bits per heavy atom. The van der Waals surface area contributed by atoms with Crippen LogP contribution in [-0.2, 0) is 19.1 Å². The van der Waals surface area contributed by atoms with Crippen molar-refractivity contribution in [1.29, 1.82) is 0 Å². The Balaban J connectivity index is 1.63. The van der Waals surface area contributed by atoms with E-state index in [2.05, 4.69) is 10.6 Å². The van der Waals surface area contributed by atoms with E-state index in [1.807, 2.05) is 6.92 Å². The van der Waals surface area contributed by atoms with Gasteiger partial charge in [0.1, 0.15) is 11.5 Å². The van der Waals surface area contributed by atoms with Gasteiger partial charge in [0.15, 0.2) is 6.61 Å². The fourth-order valence-electron chi connectivity index (χ4n) is 2.53. The minimum Gasteiger partial charge on any atom is -0.497 e. The average Bonchev–Trinajstić information content (AvgIpc) is 2.74. The van der Waals surface area contributed by atoms with E-state index in [1.165, 1.54) is 7.11 Å². The van der Waals surface area contributed by atoms with E-state index in [9.17, 15) is 14.4 Å². The lowest BCUT2D eigenvalue weighted by Crippen LogP contribution is -2.21. The van der Waals surface area contributed by atoms with E-state index in [-0.39, 0.29) is 18.7 Å². The minimum absolute atomic E-state index is 0.0448. The molecule has 0 aliphatic rings. The van der Waals surface area contributed by atoms with Crippen molar-refractivity contribution in [1.82, 2.24) is 0 Å². The van der Waals surface area contributed by atoms with Crippen molar-refractivity contribution in [3.05, 3.63) is 48.5 Å². The number of hydrogen-bond acceptors (Lipinski definition) is 6. The number of benzene rings is 2. The molecule has 0 atom stereocenters. The van der Waals surface area contributed by atoms with E-state index in [1.54, 1.807) is 48.5 Å².